The van der Waals surface area contributed by atoms with Crippen LogP contribution in [0, 0.1) is 0 Å². The van der Waals surface area contributed by atoms with Crippen molar-refractivity contribution >= 4 is 27.6 Å². The summed E-state index contributed by atoms with van der Waals surface area (Å²) in [5.74, 6) is 1.03. The fourth-order valence-electron chi connectivity index (χ4n) is 2.64. The smallest absolute Gasteiger partial charge is 0.204 e. The Bertz CT molecular complexity index is 912. The molecule has 3 rings (SSSR count). The van der Waals surface area contributed by atoms with Gasteiger partial charge in [-0.2, -0.15) is 0 Å². The third-order valence-electron chi connectivity index (χ3n) is 3.64. The fraction of sp³-hybridized carbons (Fsp3) is 0.235. The van der Waals surface area contributed by atoms with Crippen LogP contribution in [0.15, 0.2) is 39.5 Å². The van der Waals surface area contributed by atoms with Gasteiger partial charge >= 0.3 is 0 Å². The number of para-hydroxylation sites is 1. The van der Waals surface area contributed by atoms with Gasteiger partial charge < -0.3 is 18.8 Å². The van der Waals surface area contributed by atoms with Gasteiger partial charge in [0.1, 0.15) is 28.2 Å². The number of nitrogens with zero attached hydrogens (tertiary/aromatic N) is 1. The largest absolute Gasteiger partial charge is 0.496 e. The quantitative estimate of drug-likeness (QED) is 0.696. The summed E-state index contributed by atoms with van der Waals surface area (Å²) in [5.41, 5.74) is 1.60. The standard InChI is InChI=1S/C17H17NO4/c1-18(2)15-13(21-4)9-12(20-3)14-16(19)10-7-5-6-8-11(10)22-17(14)15/h5-9H,1-4H3. The Morgan fingerprint density at radius 1 is 1.05 bits per heavy atom. The van der Waals surface area contributed by atoms with Crippen molar-refractivity contribution < 1.29 is 13.9 Å². The predicted octanol–water partition coefficient (Wildman–Crippen LogP) is 3.03. The summed E-state index contributed by atoms with van der Waals surface area (Å²) in [6.07, 6.45) is 0. The number of anilines is 1. The Balaban J connectivity index is 2.61. The summed E-state index contributed by atoms with van der Waals surface area (Å²) in [6, 6.07) is 8.89. The highest BCUT2D eigenvalue weighted by atomic mass is 16.5. The summed E-state index contributed by atoms with van der Waals surface area (Å²) in [5, 5.41) is 0.953. The number of rotatable bonds is 3. The maximum Gasteiger partial charge on any atom is 0.204 e. The topological polar surface area (TPSA) is 51.9 Å². The van der Waals surface area contributed by atoms with E-state index in [9.17, 15) is 4.79 Å². The zero-order valence-electron chi connectivity index (χ0n) is 13.0. The van der Waals surface area contributed by atoms with Gasteiger partial charge in [-0.25, -0.2) is 0 Å². The molecule has 0 saturated heterocycles. The molecule has 0 radical (unpaired) electrons. The van der Waals surface area contributed by atoms with Crippen LogP contribution in [0.2, 0.25) is 0 Å². The molecule has 0 spiro atoms. The maximum atomic E-state index is 12.8. The molecule has 0 fully saturated rings. The van der Waals surface area contributed by atoms with Crippen molar-refractivity contribution in [2.75, 3.05) is 33.2 Å². The van der Waals surface area contributed by atoms with Gasteiger partial charge in [0.05, 0.1) is 19.6 Å². The molecule has 5 heteroatoms. The molecular weight excluding hydrogens is 282 g/mol. The molecule has 22 heavy (non-hydrogen) atoms. The van der Waals surface area contributed by atoms with Crippen LogP contribution >= 0.6 is 0 Å². The lowest BCUT2D eigenvalue weighted by molar-refractivity contribution is 0.397. The van der Waals surface area contributed by atoms with Crippen LogP contribution in [0.5, 0.6) is 11.5 Å². The number of hydrogen-bond donors (Lipinski definition) is 0. The number of hydrogen-bond acceptors (Lipinski definition) is 5. The van der Waals surface area contributed by atoms with E-state index in [2.05, 4.69) is 0 Å². The Labute approximate surface area is 127 Å². The normalized spacial score (nSPS) is 10.9. The van der Waals surface area contributed by atoms with Crippen LogP contribution in [-0.4, -0.2) is 28.3 Å². The van der Waals surface area contributed by atoms with E-state index in [4.69, 9.17) is 13.9 Å². The Morgan fingerprint density at radius 3 is 2.36 bits per heavy atom. The van der Waals surface area contributed by atoms with Gasteiger partial charge in [-0.1, -0.05) is 12.1 Å². The lowest BCUT2D eigenvalue weighted by Crippen LogP contribution is -2.13. The van der Waals surface area contributed by atoms with Crippen molar-refractivity contribution in [1.82, 2.24) is 0 Å². The predicted molar refractivity (Wildman–Crippen MR) is 87.4 cm³/mol. The van der Waals surface area contributed by atoms with Crippen molar-refractivity contribution in [1.29, 1.82) is 0 Å². The van der Waals surface area contributed by atoms with Crippen LogP contribution in [0.4, 0.5) is 5.69 Å². The second-order valence-corrected chi connectivity index (χ2v) is 5.16. The molecule has 0 aliphatic carbocycles. The van der Waals surface area contributed by atoms with Crippen LogP contribution in [0.25, 0.3) is 21.9 Å². The molecule has 3 aromatic rings. The van der Waals surface area contributed by atoms with E-state index < -0.39 is 0 Å². The molecule has 0 unspecified atom stereocenters. The van der Waals surface area contributed by atoms with Crippen LogP contribution in [0.1, 0.15) is 0 Å². The van der Waals surface area contributed by atoms with Gasteiger partial charge in [0.15, 0.2) is 5.58 Å². The Hall–Kier alpha value is -2.69. The lowest BCUT2D eigenvalue weighted by Gasteiger charge is -2.19. The monoisotopic (exact) mass is 299 g/mol. The summed E-state index contributed by atoms with van der Waals surface area (Å²) >= 11 is 0. The van der Waals surface area contributed by atoms with Gasteiger partial charge in [0.25, 0.3) is 0 Å². The first-order valence-electron chi connectivity index (χ1n) is 6.86. The Morgan fingerprint density at radius 2 is 1.73 bits per heavy atom. The van der Waals surface area contributed by atoms with E-state index in [1.54, 1.807) is 25.3 Å². The number of benzene rings is 2. The second kappa shape index (κ2) is 5.26. The third kappa shape index (κ3) is 1.97. The summed E-state index contributed by atoms with van der Waals surface area (Å²) in [6.45, 7) is 0. The van der Waals surface area contributed by atoms with E-state index in [0.717, 1.165) is 0 Å². The maximum absolute atomic E-state index is 12.8. The van der Waals surface area contributed by atoms with Crippen molar-refractivity contribution in [3.05, 3.63) is 40.6 Å². The summed E-state index contributed by atoms with van der Waals surface area (Å²) in [7, 11) is 6.85. The molecule has 1 heterocycles. The average Bonchev–Trinajstić information content (AvgIpc) is 2.53. The summed E-state index contributed by atoms with van der Waals surface area (Å²) in [4.78, 5) is 14.7. The van der Waals surface area contributed by atoms with E-state index in [1.807, 2.05) is 31.1 Å². The molecular formula is C17H17NO4. The molecule has 2 aromatic carbocycles. The third-order valence-corrected chi connectivity index (χ3v) is 3.64. The highest BCUT2D eigenvalue weighted by Crippen LogP contribution is 2.40. The minimum Gasteiger partial charge on any atom is -0.496 e. The minimum absolute atomic E-state index is 0.112. The van der Waals surface area contributed by atoms with Crippen molar-refractivity contribution in [2.45, 2.75) is 0 Å². The molecule has 0 saturated carbocycles. The van der Waals surface area contributed by atoms with Crippen LogP contribution < -0.4 is 19.8 Å². The zero-order chi connectivity index (χ0) is 15.9. The van der Waals surface area contributed by atoms with E-state index in [1.165, 1.54) is 7.11 Å². The molecule has 0 bridgehead atoms. The molecule has 0 amide bonds. The number of fused-ring (bicyclic) bond motifs is 2. The molecule has 5 nitrogen and oxygen atoms in total. The first kappa shape index (κ1) is 14.3. The number of methoxy groups -OCH3 is 2. The zero-order valence-corrected chi connectivity index (χ0v) is 13.0. The van der Waals surface area contributed by atoms with Crippen molar-refractivity contribution in [3.63, 3.8) is 0 Å². The van der Waals surface area contributed by atoms with Crippen LogP contribution in [0.3, 0.4) is 0 Å². The highest BCUT2D eigenvalue weighted by molar-refractivity contribution is 6.01. The minimum atomic E-state index is -0.112. The van der Waals surface area contributed by atoms with Crippen molar-refractivity contribution in [2.24, 2.45) is 0 Å². The molecule has 0 aliphatic rings. The number of ether oxygens (including phenoxy) is 2. The first-order chi connectivity index (χ1) is 10.6. The van der Waals surface area contributed by atoms with Crippen LogP contribution in [-0.2, 0) is 0 Å². The van der Waals surface area contributed by atoms with Gasteiger partial charge in [0, 0.05) is 20.2 Å². The molecule has 0 aliphatic heterocycles. The van der Waals surface area contributed by atoms with Gasteiger partial charge in [-0.05, 0) is 12.1 Å². The van der Waals surface area contributed by atoms with E-state index >= 15 is 0 Å². The molecule has 0 atom stereocenters. The van der Waals surface area contributed by atoms with Gasteiger partial charge in [-0.3, -0.25) is 4.79 Å². The Kier molecular flexibility index (Phi) is 3.41. The van der Waals surface area contributed by atoms with E-state index in [-0.39, 0.29) is 5.43 Å². The molecule has 1 aromatic heterocycles. The summed E-state index contributed by atoms with van der Waals surface area (Å²) < 4.78 is 16.8. The van der Waals surface area contributed by atoms with E-state index in [0.29, 0.717) is 39.1 Å². The van der Waals surface area contributed by atoms with Crippen molar-refractivity contribution in [3.8, 4) is 11.5 Å². The lowest BCUT2D eigenvalue weighted by atomic mass is 10.1. The SMILES string of the molecule is COc1cc(OC)c2c(=O)c3ccccc3oc2c1N(C)C. The van der Waals surface area contributed by atoms with Gasteiger partial charge in [-0.15, -0.1) is 0 Å². The fourth-order valence-corrected chi connectivity index (χ4v) is 2.64. The first-order valence-corrected chi connectivity index (χ1v) is 6.86. The van der Waals surface area contributed by atoms with Gasteiger partial charge in [0.2, 0.25) is 5.43 Å². The molecule has 114 valence electrons. The molecule has 0 N–H and O–H groups in total. The second-order valence-electron chi connectivity index (χ2n) is 5.16. The highest BCUT2D eigenvalue weighted by Gasteiger charge is 2.21. The average molecular weight is 299 g/mol.